The maximum absolute atomic E-state index is 2.52. The lowest BCUT2D eigenvalue weighted by Crippen LogP contribution is -2.28. The predicted octanol–water partition coefficient (Wildman–Crippen LogP) is 16.9. The second-order valence-electron chi connectivity index (χ2n) is 17.7. The highest BCUT2D eigenvalue weighted by Gasteiger charge is 2.47. The number of nitrogens with zero attached hydrogens (tertiary/aromatic N) is 1. The van der Waals surface area contributed by atoms with Crippen LogP contribution in [0, 0.1) is 0 Å². The normalized spacial score (nSPS) is 15.3. The van der Waals surface area contributed by atoms with Gasteiger partial charge in [0, 0.05) is 42.5 Å². The maximum Gasteiger partial charge on any atom is 0.0714 e. The molecule has 11 aromatic rings. The molecule has 0 saturated heterocycles. The van der Waals surface area contributed by atoms with Gasteiger partial charge in [0.2, 0.25) is 0 Å². The van der Waals surface area contributed by atoms with Crippen LogP contribution in [-0.4, -0.2) is 0 Å². The monoisotopic (exact) mass is 845 g/mol. The molecule has 0 radical (unpaired) electrons. The van der Waals surface area contributed by atoms with E-state index in [-0.39, 0.29) is 5.41 Å². The van der Waals surface area contributed by atoms with Crippen LogP contribution in [0.15, 0.2) is 243 Å². The summed E-state index contributed by atoms with van der Waals surface area (Å²) in [5.41, 5.74) is 19.1. The summed E-state index contributed by atoms with van der Waals surface area (Å²) in [6, 6.07) is 90.5. The molecule has 306 valence electrons. The Labute approximate surface area is 384 Å². The average molecular weight is 846 g/mol. The van der Waals surface area contributed by atoms with Gasteiger partial charge >= 0.3 is 0 Å². The molecule has 1 nitrogen and oxygen atoms in total. The molecule has 2 aliphatic carbocycles. The molecular weight excluding hydrogens is 803 g/mol. The standard InChI is InChI=1S/C63H43NS/c1-62(44-18-5-2-6-19-44)54-27-14-11-24-49(54)50-39-37-48(41-57(50)62)64(47-35-32-42(33-36-47)43-34-38-52-51-25-13-16-31-59(51)65-60(52)40-43)58-30-17-29-56-61(58)53-26-12-15-28-55(53)63(56,45-20-7-3-8-21-45)46-22-9-4-10-23-46/h2-41H,1H3. The maximum atomic E-state index is 2.52. The van der Waals surface area contributed by atoms with E-state index in [4.69, 9.17) is 0 Å². The zero-order chi connectivity index (χ0) is 43.1. The van der Waals surface area contributed by atoms with E-state index in [1.54, 1.807) is 0 Å². The van der Waals surface area contributed by atoms with Crippen molar-refractivity contribution in [1.29, 1.82) is 0 Å². The first-order valence-corrected chi connectivity index (χ1v) is 23.4. The first kappa shape index (κ1) is 37.7. The molecule has 10 aromatic carbocycles. The predicted molar refractivity (Wildman–Crippen MR) is 274 cm³/mol. The third kappa shape index (κ3) is 5.51. The van der Waals surface area contributed by atoms with Crippen LogP contribution in [-0.2, 0) is 10.8 Å². The van der Waals surface area contributed by atoms with Crippen molar-refractivity contribution in [2.24, 2.45) is 0 Å². The summed E-state index contributed by atoms with van der Waals surface area (Å²) in [6.45, 7) is 2.41. The van der Waals surface area contributed by atoms with Crippen LogP contribution in [0.2, 0.25) is 0 Å². The second kappa shape index (κ2) is 14.6. The van der Waals surface area contributed by atoms with E-state index in [0.717, 1.165) is 17.1 Å². The minimum Gasteiger partial charge on any atom is -0.310 e. The van der Waals surface area contributed by atoms with Gasteiger partial charge in [0.1, 0.15) is 0 Å². The van der Waals surface area contributed by atoms with E-state index in [1.165, 1.54) is 92.5 Å². The van der Waals surface area contributed by atoms with Gasteiger partial charge in [-0.05, 0) is 116 Å². The molecule has 0 amide bonds. The van der Waals surface area contributed by atoms with Crippen molar-refractivity contribution in [2.45, 2.75) is 17.8 Å². The van der Waals surface area contributed by atoms with Crippen molar-refractivity contribution < 1.29 is 0 Å². The Bertz CT molecular complexity index is 3570. The van der Waals surface area contributed by atoms with Crippen LogP contribution in [0.4, 0.5) is 17.1 Å². The van der Waals surface area contributed by atoms with Crippen molar-refractivity contribution in [2.75, 3.05) is 4.90 Å². The molecule has 0 aliphatic heterocycles. The largest absolute Gasteiger partial charge is 0.310 e. The molecule has 1 aromatic heterocycles. The van der Waals surface area contributed by atoms with Gasteiger partial charge in [-0.25, -0.2) is 0 Å². The number of hydrogen-bond acceptors (Lipinski definition) is 2. The molecule has 0 fully saturated rings. The Hall–Kier alpha value is -7.78. The fourth-order valence-corrected chi connectivity index (χ4v) is 12.6. The number of thiophene rings is 1. The Kier molecular flexibility index (Phi) is 8.50. The van der Waals surface area contributed by atoms with Crippen molar-refractivity contribution >= 4 is 48.6 Å². The number of fused-ring (bicyclic) bond motifs is 9. The SMILES string of the molecule is CC1(c2ccccc2)c2ccccc2-c2ccc(N(c3ccc(-c4ccc5c(c4)sc4ccccc45)cc3)c3cccc4c3-c3ccccc3C4(c3ccccc3)c3ccccc3)cc21. The first-order chi connectivity index (χ1) is 32.1. The quantitative estimate of drug-likeness (QED) is 0.154. The highest BCUT2D eigenvalue weighted by Crippen LogP contribution is 2.60. The lowest BCUT2D eigenvalue weighted by atomic mass is 9.68. The zero-order valence-corrected chi connectivity index (χ0v) is 36.8. The summed E-state index contributed by atoms with van der Waals surface area (Å²) in [6.07, 6.45) is 0. The van der Waals surface area contributed by atoms with Crippen molar-refractivity contribution in [3.63, 3.8) is 0 Å². The Balaban J connectivity index is 1.05. The van der Waals surface area contributed by atoms with Crippen LogP contribution in [0.3, 0.4) is 0 Å². The van der Waals surface area contributed by atoms with Crippen LogP contribution < -0.4 is 4.90 Å². The van der Waals surface area contributed by atoms with E-state index in [9.17, 15) is 0 Å². The minimum atomic E-state index is -0.517. The molecule has 65 heavy (non-hydrogen) atoms. The van der Waals surface area contributed by atoms with Crippen molar-refractivity contribution in [3.05, 3.63) is 282 Å². The minimum absolute atomic E-state index is 0.342. The zero-order valence-electron chi connectivity index (χ0n) is 35.9. The molecule has 2 heteroatoms. The van der Waals surface area contributed by atoms with Gasteiger partial charge < -0.3 is 4.90 Å². The van der Waals surface area contributed by atoms with Crippen LogP contribution in [0.5, 0.6) is 0 Å². The van der Waals surface area contributed by atoms with Gasteiger partial charge in [0.15, 0.2) is 0 Å². The molecule has 0 spiro atoms. The third-order valence-corrected chi connectivity index (χ3v) is 15.6. The highest BCUT2D eigenvalue weighted by molar-refractivity contribution is 7.25. The van der Waals surface area contributed by atoms with Gasteiger partial charge in [-0.3, -0.25) is 0 Å². The summed E-state index contributed by atoms with van der Waals surface area (Å²) in [7, 11) is 0. The van der Waals surface area contributed by atoms with Gasteiger partial charge in [-0.1, -0.05) is 200 Å². The molecule has 2 aliphatic rings. The van der Waals surface area contributed by atoms with E-state index < -0.39 is 5.41 Å². The molecule has 0 N–H and O–H groups in total. The fraction of sp³-hybridized carbons (Fsp3) is 0.0476. The lowest BCUT2D eigenvalue weighted by molar-refractivity contribution is 0.714. The average Bonchev–Trinajstić information content (AvgIpc) is 4.00. The van der Waals surface area contributed by atoms with Gasteiger partial charge in [-0.2, -0.15) is 0 Å². The van der Waals surface area contributed by atoms with E-state index in [2.05, 4.69) is 254 Å². The molecule has 1 heterocycles. The molecule has 0 saturated carbocycles. The van der Waals surface area contributed by atoms with Gasteiger partial charge in [0.05, 0.1) is 11.1 Å². The Morgan fingerprint density at radius 3 is 1.65 bits per heavy atom. The summed E-state index contributed by atoms with van der Waals surface area (Å²) in [5, 5.41) is 2.64. The Morgan fingerprint density at radius 1 is 0.354 bits per heavy atom. The summed E-state index contributed by atoms with van der Waals surface area (Å²) >= 11 is 1.87. The fourth-order valence-electron chi connectivity index (χ4n) is 11.5. The van der Waals surface area contributed by atoms with Crippen molar-refractivity contribution in [3.8, 4) is 33.4 Å². The van der Waals surface area contributed by atoms with E-state index in [1.807, 2.05) is 11.3 Å². The number of benzene rings is 10. The van der Waals surface area contributed by atoms with Crippen LogP contribution in [0.25, 0.3) is 53.6 Å². The molecule has 13 rings (SSSR count). The summed E-state index contributed by atoms with van der Waals surface area (Å²) < 4.78 is 2.64. The molecule has 0 bridgehead atoms. The van der Waals surface area contributed by atoms with Crippen molar-refractivity contribution in [1.82, 2.24) is 0 Å². The second-order valence-corrected chi connectivity index (χ2v) is 18.8. The van der Waals surface area contributed by atoms with Crippen LogP contribution in [0.1, 0.15) is 45.9 Å². The Morgan fingerprint density at radius 2 is 0.908 bits per heavy atom. The van der Waals surface area contributed by atoms with Crippen LogP contribution >= 0.6 is 11.3 Å². The number of rotatable bonds is 7. The highest BCUT2D eigenvalue weighted by atomic mass is 32.1. The molecule has 1 atom stereocenters. The third-order valence-electron chi connectivity index (χ3n) is 14.4. The topological polar surface area (TPSA) is 3.24 Å². The number of anilines is 3. The summed E-state index contributed by atoms with van der Waals surface area (Å²) in [5.74, 6) is 0. The first-order valence-electron chi connectivity index (χ1n) is 22.6. The molecular formula is C63H43NS. The van der Waals surface area contributed by atoms with Gasteiger partial charge in [-0.15, -0.1) is 11.3 Å². The molecule has 1 unspecified atom stereocenters. The smallest absolute Gasteiger partial charge is 0.0714 e. The summed E-state index contributed by atoms with van der Waals surface area (Å²) in [4.78, 5) is 2.52. The lowest BCUT2D eigenvalue weighted by Gasteiger charge is -2.34. The van der Waals surface area contributed by atoms with Gasteiger partial charge in [0.25, 0.3) is 0 Å². The number of hydrogen-bond donors (Lipinski definition) is 0. The van der Waals surface area contributed by atoms with E-state index in [0.29, 0.717) is 0 Å². The van der Waals surface area contributed by atoms with E-state index >= 15 is 0 Å².